The summed E-state index contributed by atoms with van der Waals surface area (Å²) in [5.41, 5.74) is 0.112. The molecule has 0 fully saturated rings. The van der Waals surface area contributed by atoms with E-state index < -0.39 is 23.4 Å². The molecule has 0 aromatic heterocycles. The van der Waals surface area contributed by atoms with E-state index in [0.717, 1.165) is 0 Å². The molecule has 0 radical (unpaired) electrons. The van der Waals surface area contributed by atoms with Gasteiger partial charge in [0.15, 0.2) is 0 Å². The van der Waals surface area contributed by atoms with Gasteiger partial charge in [0.2, 0.25) is 0 Å². The molecular formula is C16H14Br2F2N2O2. The van der Waals surface area contributed by atoms with Gasteiger partial charge in [0.25, 0.3) is 11.8 Å². The minimum absolute atomic E-state index is 0.0562. The molecule has 8 heteroatoms. The number of amides is 2. The van der Waals surface area contributed by atoms with Crippen LogP contribution in [0.4, 0.5) is 8.78 Å². The fourth-order valence-corrected chi connectivity index (χ4v) is 2.28. The molecule has 2 rings (SSSR count). The van der Waals surface area contributed by atoms with Crippen molar-refractivity contribution in [3.8, 4) is 0 Å². The van der Waals surface area contributed by atoms with Crippen LogP contribution in [0.15, 0.2) is 45.3 Å². The van der Waals surface area contributed by atoms with Gasteiger partial charge < -0.3 is 10.6 Å². The van der Waals surface area contributed by atoms with Gasteiger partial charge in [-0.15, -0.1) is 0 Å². The van der Waals surface area contributed by atoms with Crippen LogP contribution < -0.4 is 10.6 Å². The summed E-state index contributed by atoms with van der Waals surface area (Å²) >= 11 is 6.19. The van der Waals surface area contributed by atoms with Crippen LogP contribution in [0.3, 0.4) is 0 Å². The molecule has 0 heterocycles. The van der Waals surface area contributed by atoms with Crippen molar-refractivity contribution < 1.29 is 18.4 Å². The molecule has 0 spiro atoms. The van der Waals surface area contributed by atoms with Crippen molar-refractivity contribution in [3.05, 3.63) is 68.1 Å². The third kappa shape index (κ3) is 5.68. The first-order valence-corrected chi connectivity index (χ1v) is 8.23. The highest BCUT2D eigenvalue weighted by Crippen LogP contribution is 2.15. The average Bonchev–Trinajstić information content (AvgIpc) is 2.54. The number of hydrogen-bond donors (Lipinski definition) is 2. The molecule has 0 saturated carbocycles. The smallest absolute Gasteiger partial charge is 0.253 e. The predicted octanol–water partition coefficient (Wildman–Crippen LogP) is 3.90. The summed E-state index contributed by atoms with van der Waals surface area (Å²) in [6.07, 6.45) is 0. The Kier molecular flexibility index (Phi) is 8.00. The second-order valence-corrected chi connectivity index (χ2v) is 6.24. The molecule has 24 heavy (non-hydrogen) atoms. The van der Waals surface area contributed by atoms with Crippen LogP contribution >= 0.6 is 31.9 Å². The van der Waals surface area contributed by atoms with Gasteiger partial charge in [-0.05, 0) is 36.4 Å². The molecule has 0 atom stereocenters. The maximum atomic E-state index is 13.0. The first-order valence-electron chi connectivity index (χ1n) is 6.64. The standard InChI is InChI=1S/2C8H7BrFNO/c2*1-11-8(12)6-3-2-5(9)4-7(6)10/h2*2-4H,1H3,(H,11,12). The minimum Gasteiger partial charge on any atom is -0.355 e. The van der Waals surface area contributed by atoms with Crippen molar-refractivity contribution in [2.75, 3.05) is 14.1 Å². The van der Waals surface area contributed by atoms with Gasteiger partial charge in [-0.2, -0.15) is 0 Å². The van der Waals surface area contributed by atoms with Gasteiger partial charge in [-0.25, -0.2) is 8.78 Å². The number of carbonyl (C=O) groups is 2. The summed E-state index contributed by atoms with van der Waals surface area (Å²) in [5, 5.41) is 4.69. The summed E-state index contributed by atoms with van der Waals surface area (Å²) in [7, 11) is 2.92. The third-order valence-corrected chi connectivity index (χ3v) is 3.79. The van der Waals surface area contributed by atoms with E-state index in [0.29, 0.717) is 8.95 Å². The first-order chi connectivity index (χ1) is 11.3. The van der Waals surface area contributed by atoms with Gasteiger partial charge in [0.1, 0.15) is 11.6 Å². The van der Waals surface area contributed by atoms with E-state index >= 15 is 0 Å². The highest BCUT2D eigenvalue weighted by Gasteiger charge is 2.09. The molecule has 4 nitrogen and oxygen atoms in total. The second kappa shape index (κ2) is 9.48. The SMILES string of the molecule is CNC(=O)c1ccc(Br)cc1F.CNC(=O)c1ccc(Br)cc1F. The summed E-state index contributed by atoms with van der Waals surface area (Å²) in [5.74, 6) is -1.88. The van der Waals surface area contributed by atoms with Gasteiger partial charge in [-0.1, -0.05) is 31.9 Å². The average molecular weight is 464 g/mol. The molecular weight excluding hydrogens is 450 g/mol. The lowest BCUT2D eigenvalue weighted by Gasteiger charge is -2.00. The monoisotopic (exact) mass is 462 g/mol. The Bertz CT molecular complexity index is 691. The zero-order valence-corrected chi connectivity index (χ0v) is 16.0. The zero-order chi connectivity index (χ0) is 18.3. The quantitative estimate of drug-likeness (QED) is 0.709. The number of nitrogens with one attached hydrogen (secondary N) is 2. The lowest BCUT2D eigenvalue weighted by atomic mass is 10.2. The Labute approximate surface area is 154 Å². The van der Waals surface area contributed by atoms with Crippen molar-refractivity contribution in [1.29, 1.82) is 0 Å². The van der Waals surface area contributed by atoms with Crippen LogP contribution in [0.2, 0.25) is 0 Å². The Morgan fingerprint density at radius 3 is 1.38 bits per heavy atom. The molecule has 0 aliphatic heterocycles. The zero-order valence-electron chi connectivity index (χ0n) is 12.8. The summed E-state index contributed by atoms with van der Waals surface area (Å²) in [6, 6.07) is 8.60. The Hall–Kier alpha value is -1.80. The van der Waals surface area contributed by atoms with Crippen molar-refractivity contribution in [2.24, 2.45) is 0 Å². The number of rotatable bonds is 2. The summed E-state index contributed by atoms with van der Waals surface area (Å²) in [4.78, 5) is 22.0. The van der Waals surface area contributed by atoms with E-state index in [1.807, 2.05) is 0 Å². The van der Waals surface area contributed by atoms with Gasteiger partial charge in [0, 0.05) is 23.0 Å². The van der Waals surface area contributed by atoms with Gasteiger partial charge >= 0.3 is 0 Å². The van der Waals surface area contributed by atoms with Crippen LogP contribution in [0.1, 0.15) is 20.7 Å². The van der Waals surface area contributed by atoms with E-state index in [1.165, 1.54) is 38.4 Å². The topological polar surface area (TPSA) is 58.2 Å². The fraction of sp³-hybridized carbons (Fsp3) is 0.125. The lowest BCUT2D eigenvalue weighted by Crippen LogP contribution is -2.19. The molecule has 0 aliphatic carbocycles. The molecule has 2 aromatic rings. The molecule has 0 aliphatic rings. The van der Waals surface area contributed by atoms with Crippen LogP contribution in [0.5, 0.6) is 0 Å². The van der Waals surface area contributed by atoms with E-state index in [9.17, 15) is 18.4 Å². The maximum Gasteiger partial charge on any atom is 0.253 e. The maximum absolute atomic E-state index is 13.0. The van der Waals surface area contributed by atoms with Crippen molar-refractivity contribution in [3.63, 3.8) is 0 Å². The Balaban J connectivity index is 0.000000240. The number of carbonyl (C=O) groups excluding carboxylic acids is 2. The van der Waals surface area contributed by atoms with Crippen molar-refractivity contribution >= 4 is 43.7 Å². The summed E-state index contributed by atoms with van der Waals surface area (Å²) in [6.45, 7) is 0. The van der Waals surface area contributed by atoms with Crippen molar-refractivity contribution in [2.45, 2.75) is 0 Å². The first kappa shape index (κ1) is 20.2. The second-order valence-electron chi connectivity index (χ2n) is 4.41. The minimum atomic E-state index is -0.524. The van der Waals surface area contributed by atoms with E-state index in [4.69, 9.17) is 0 Å². The molecule has 0 bridgehead atoms. The molecule has 0 saturated heterocycles. The normalized spacial score (nSPS) is 9.58. The fourth-order valence-electron chi connectivity index (χ4n) is 1.62. The lowest BCUT2D eigenvalue weighted by molar-refractivity contribution is 0.0950. The number of halogens is 4. The van der Waals surface area contributed by atoms with E-state index in [-0.39, 0.29) is 11.1 Å². The molecule has 2 N–H and O–H groups in total. The van der Waals surface area contributed by atoms with E-state index in [2.05, 4.69) is 42.5 Å². The number of benzene rings is 2. The van der Waals surface area contributed by atoms with Crippen molar-refractivity contribution in [1.82, 2.24) is 10.6 Å². The number of hydrogen-bond acceptors (Lipinski definition) is 2. The highest BCUT2D eigenvalue weighted by molar-refractivity contribution is 9.10. The van der Waals surface area contributed by atoms with Crippen LogP contribution in [0.25, 0.3) is 0 Å². The Morgan fingerprint density at radius 1 is 0.792 bits per heavy atom. The third-order valence-electron chi connectivity index (χ3n) is 2.81. The van der Waals surface area contributed by atoms with Crippen LogP contribution in [0, 0.1) is 11.6 Å². The van der Waals surface area contributed by atoms with Gasteiger partial charge in [-0.3, -0.25) is 9.59 Å². The van der Waals surface area contributed by atoms with E-state index in [1.54, 1.807) is 12.1 Å². The highest BCUT2D eigenvalue weighted by atomic mass is 79.9. The van der Waals surface area contributed by atoms with Crippen LogP contribution in [-0.4, -0.2) is 25.9 Å². The van der Waals surface area contributed by atoms with Crippen LogP contribution in [-0.2, 0) is 0 Å². The summed E-state index contributed by atoms with van der Waals surface area (Å²) < 4.78 is 27.2. The molecule has 128 valence electrons. The molecule has 2 amide bonds. The predicted molar refractivity (Wildman–Crippen MR) is 95.0 cm³/mol. The largest absolute Gasteiger partial charge is 0.355 e. The Morgan fingerprint density at radius 2 is 1.12 bits per heavy atom. The molecule has 0 unspecified atom stereocenters. The molecule has 2 aromatic carbocycles. The van der Waals surface area contributed by atoms with Gasteiger partial charge in [0.05, 0.1) is 11.1 Å².